The number of sulfonamides is 1. The molecule has 4 rings (SSSR count). The van der Waals surface area contributed by atoms with Crippen LogP contribution in [0.5, 0.6) is 0 Å². The normalized spacial score (nSPS) is 15.1. The highest BCUT2D eigenvalue weighted by atomic mass is 35.5. The maximum absolute atomic E-state index is 14.1. The molecule has 0 atom stereocenters. The fourth-order valence-corrected chi connectivity index (χ4v) is 7.72. The molecule has 0 radical (unpaired) electrons. The number of fused-ring (bicyclic) bond motifs is 2. The van der Waals surface area contributed by atoms with Crippen LogP contribution in [0, 0.1) is 5.82 Å². The monoisotopic (exact) mass is 659 g/mol. The Bertz CT molecular complexity index is 1770. The van der Waals surface area contributed by atoms with E-state index in [0.29, 0.717) is 40.6 Å². The van der Waals surface area contributed by atoms with Gasteiger partial charge in [-0.3, -0.25) is 4.79 Å². The molecule has 0 spiro atoms. The number of hydrogen-bond donors (Lipinski definition) is 1. The van der Waals surface area contributed by atoms with Crippen LogP contribution in [0.25, 0.3) is 16.3 Å². The summed E-state index contributed by atoms with van der Waals surface area (Å²) in [5.74, 6) is -1.56. The van der Waals surface area contributed by atoms with E-state index in [2.05, 4.69) is 0 Å². The van der Waals surface area contributed by atoms with Crippen molar-refractivity contribution in [1.29, 1.82) is 0 Å². The van der Waals surface area contributed by atoms with Crippen molar-refractivity contribution in [2.45, 2.75) is 37.6 Å². The largest absolute Gasteiger partial charge is 0.748 e. The van der Waals surface area contributed by atoms with E-state index < -0.39 is 37.6 Å². The van der Waals surface area contributed by atoms with Crippen molar-refractivity contribution in [2.75, 3.05) is 23.5 Å². The highest BCUT2D eigenvalue weighted by Crippen LogP contribution is 2.47. The number of halogens is 2. The lowest BCUT2D eigenvalue weighted by atomic mass is 10.2. The first-order valence-electron chi connectivity index (χ1n) is 12.5. The van der Waals surface area contributed by atoms with Gasteiger partial charge in [0.15, 0.2) is 0 Å². The highest BCUT2D eigenvalue weighted by Gasteiger charge is 2.27. The molecule has 1 aromatic heterocycles. The molecule has 1 amide bonds. The van der Waals surface area contributed by atoms with Crippen molar-refractivity contribution < 1.29 is 35.1 Å². The number of benzene rings is 2. The van der Waals surface area contributed by atoms with Gasteiger partial charge in [-0.15, -0.1) is 0 Å². The molecule has 2 heterocycles. The first-order valence-corrected chi connectivity index (χ1v) is 17.9. The van der Waals surface area contributed by atoms with Gasteiger partial charge in [-0.05, 0) is 61.2 Å². The van der Waals surface area contributed by atoms with Crippen molar-refractivity contribution in [3.8, 4) is 0 Å². The number of carbonyl (C=O) groups excluding carboxylic acids is 1. The molecule has 9 nitrogen and oxygen atoms in total. The van der Waals surface area contributed by atoms with Gasteiger partial charge in [0.05, 0.1) is 27.1 Å². The van der Waals surface area contributed by atoms with Crippen molar-refractivity contribution in [1.82, 2.24) is 4.72 Å². The molecule has 0 saturated heterocycles. The Labute approximate surface area is 251 Å². The number of anilines is 1. The van der Waals surface area contributed by atoms with Crippen LogP contribution in [-0.2, 0) is 31.5 Å². The minimum atomic E-state index is -4.32. The molecular weight excluding hydrogens is 633 g/mol. The van der Waals surface area contributed by atoms with E-state index >= 15 is 0 Å². The van der Waals surface area contributed by atoms with Gasteiger partial charge in [0, 0.05) is 34.4 Å². The number of nitrogens with zero attached hydrogens (tertiary/aromatic N) is 2. The second-order valence-corrected chi connectivity index (χ2v) is 15.2. The van der Waals surface area contributed by atoms with Gasteiger partial charge >= 0.3 is 0 Å². The summed E-state index contributed by atoms with van der Waals surface area (Å²) in [6.07, 6.45) is 5.96. The summed E-state index contributed by atoms with van der Waals surface area (Å²) < 4.78 is 75.0. The lowest BCUT2D eigenvalue weighted by molar-refractivity contribution is -0.655. The lowest BCUT2D eigenvalue weighted by Gasteiger charge is -2.21. The minimum Gasteiger partial charge on any atom is -0.748 e. The number of allylic oxidation sites excluding steroid dienone is 2. The maximum Gasteiger partial charge on any atom is 0.299 e. The summed E-state index contributed by atoms with van der Waals surface area (Å²) in [6, 6.07) is 9.76. The van der Waals surface area contributed by atoms with Crippen LogP contribution < -0.4 is 14.2 Å². The van der Waals surface area contributed by atoms with E-state index in [0.717, 1.165) is 26.5 Å². The average molecular weight is 660 g/mol. The molecule has 0 unspecified atom stereocenters. The molecule has 3 aromatic rings. The number of thioether (sulfide) groups is 1. The van der Waals surface area contributed by atoms with Crippen LogP contribution in [-0.4, -0.2) is 45.8 Å². The molecule has 0 aliphatic carbocycles. The predicted molar refractivity (Wildman–Crippen MR) is 160 cm³/mol. The second-order valence-electron chi connectivity index (χ2n) is 9.33. The van der Waals surface area contributed by atoms with E-state index in [4.69, 9.17) is 11.6 Å². The Balaban J connectivity index is 1.71. The van der Waals surface area contributed by atoms with E-state index in [1.807, 2.05) is 34.8 Å². The van der Waals surface area contributed by atoms with E-state index in [9.17, 15) is 30.6 Å². The van der Waals surface area contributed by atoms with Crippen LogP contribution in [0.15, 0.2) is 58.0 Å². The number of nitrogens with one attached hydrogen (secondary N) is 1. The second kappa shape index (κ2) is 12.8. The molecule has 2 aromatic carbocycles. The van der Waals surface area contributed by atoms with E-state index in [1.54, 1.807) is 22.8 Å². The molecule has 1 aliphatic rings. The van der Waals surface area contributed by atoms with Gasteiger partial charge in [0.25, 0.3) is 10.9 Å². The van der Waals surface area contributed by atoms with Crippen LogP contribution in [0.1, 0.15) is 31.2 Å². The summed E-state index contributed by atoms with van der Waals surface area (Å²) in [7, 11) is -8.07. The summed E-state index contributed by atoms with van der Waals surface area (Å²) in [4.78, 5) is 15.3. The van der Waals surface area contributed by atoms with Gasteiger partial charge < -0.3 is 9.45 Å². The summed E-state index contributed by atoms with van der Waals surface area (Å²) in [5, 5.41) is 1.96. The van der Waals surface area contributed by atoms with Gasteiger partial charge in [0.1, 0.15) is 10.5 Å². The molecule has 15 heteroatoms. The van der Waals surface area contributed by atoms with Crippen LogP contribution in [0.2, 0.25) is 5.02 Å². The van der Waals surface area contributed by atoms with Crippen LogP contribution in [0.3, 0.4) is 0 Å². The fourth-order valence-electron chi connectivity index (χ4n) is 4.25. The van der Waals surface area contributed by atoms with Gasteiger partial charge in [-0.25, -0.2) is 25.9 Å². The van der Waals surface area contributed by atoms with Gasteiger partial charge in [0.2, 0.25) is 22.1 Å². The number of amides is 1. The SMILES string of the molecule is CCC(=Cc1sc2ccc(Cl)cc2[n+]1CC(=O)NS(C)(=O)=O)C=C1Sc2ccc(F)cc2N1CCCCS(=O)(=O)[O-]. The number of rotatable bonds is 11. The smallest absolute Gasteiger partial charge is 0.299 e. The third-order valence-electron chi connectivity index (χ3n) is 6.04. The Hall–Kier alpha value is -2.49. The van der Waals surface area contributed by atoms with Crippen molar-refractivity contribution in [3.05, 3.63) is 68.9 Å². The molecule has 220 valence electrons. The van der Waals surface area contributed by atoms with E-state index in [-0.39, 0.29) is 13.0 Å². The van der Waals surface area contributed by atoms with Crippen LogP contribution >= 0.6 is 34.7 Å². The topological polar surface area (TPSA) is 128 Å². The number of hydrogen-bond acceptors (Lipinski definition) is 9. The molecule has 0 bridgehead atoms. The Morgan fingerprint density at radius 3 is 2.61 bits per heavy atom. The maximum atomic E-state index is 14.1. The zero-order valence-corrected chi connectivity index (χ0v) is 26.1. The first-order chi connectivity index (χ1) is 19.2. The van der Waals surface area contributed by atoms with Crippen molar-refractivity contribution >= 4 is 82.7 Å². The number of thiazole rings is 1. The first kappa shape index (κ1) is 31.4. The quantitative estimate of drug-likeness (QED) is 0.179. The molecular formula is C26H27ClFN3O6S4. The van der Waals surface area contributed by atoms with Crippen molar-refractivity contribution in [2.24, 2.45) is 0 Å². The third-order valence-corrected chi connectivity index (χ3v) is 9.88. The highest BCUT2D eigenvalue weighted by molar-refractivity contribution is 8.03. The third kappa shape index (κ3) is 8.52. The number of carbonyl (C=O) groups is 1. The van der Waals surface area contributed by atoms with Crippen LogP contribution in [0.4, 0.5) is 10.1 Å². The average Bonchev–Trinajstić information content (AvgIpc) is 3.36. The molecule has 1 aliphatic heterocycles. The summed E-state index contributed by atoms with van der Waals surface area (Å²) >= 11 is 9.09. The number of unbranched alkanes of at least 4 members (excludes halogenated alkanes) is 1. The number of aromatic nitrogens is 1. The Morgan fingerprint density at radius 2 is 1.93 bits per heavy atom. The molecule has 0 fully saturated rings. The summed E-state index contributed by atoms with van der Waals surface area (Å²) in [5.41, 5.74) is 2.21. The van der Waals surface area contributed by atoms with E-state index in [1.165, 1.54) is 35.2 Å². The minimum absolute atomic E-state index is 0.182. The Morgan fingerprint density at radius 1 is 1.17 bits per heavy atom. The zero-order valence-electron chi connectivity index (χ0n) is 22.1. The fraction of sp³-hybridized carbons (Fsp3) is 0.308. The van der Waals surface area contributed by atoms with Gasteiger partial charge in [-0.1, -0.05) is 41.6 Å². The zero-order chi connectivity index (χ0) is 29.9. The standard InChI is InChI=1S/C26H27ClFN3O6S4/c1-3-17(12-25-30(10-4-5-11-41(35,36)37)21-15-19(28)7-9-23(21)38-25)13-26-31(16-24(32)29-40(2,33)34)20-14-18(27)6-8-22(20)39-26/h6-9,12-15H,3-5,10-11,16H2,1-2H3,(H-,29,32,35,36,37). The Kier molecular flexibility index (Phi) is 9.81. The molecule has 41 heavy (non-hydrogen) atoms. The van der Waals surface area contributed by atoms with Crippen molar-refractivity contribution in [3.63, 3.8) is 0 Å². The lowest BCUT2D eigenvalue weighted by Crippen LogP contribution is -2.45. The summed E-state index contributed by atoms with van der Waals surface area (Å²) in [6.45, 7) is 2.10. The predicted octanol–water partition coefficient (Wildman–Crippen LogP) is 4.63. The molecule has 0 saturated carbocycles. The molecule has 1 N–H and O–H groups in total. The van der Waals surface area contributed by atoms with Gasteiger partial charge in [-0.2, -0.15) is 4.57 Å².